The molecule has 35 heavy (non-hydrogen) atoms. The maximum Gasteiger partial charge on any atom is 0.251 e. The highest BCUT2D eigenvalue weighted by atomic mass is 35.5. The van der Waals surface area contributed by atoms with Crippen LogP contribution in [0.5, 0.6) is 5.88 Å². The summed E-state index contributed by atoms with van der Waals surface area (Å²) in [5, 5.41) is 8.91. The summed E-state index contributed by atoms with van der Waals surface area (Å²) in [5.41, 5.74) is 1.63. The monoisotopic (exact) mass is 536 g/mol. The van der Waals surface area contributed by atoms with E-state index in [1.807, 2.05) is 11.5 Å². The number of aromatic nitrogens is 5. The molecule has 0 aliphatic rings. The van der Waals surface area contributed by atoms with E-state index in [0.717, 1.165) is 16.4 Å². The second-order valence-electron chi connectivity index (χ2n) is 9.39. The van der Waals surface area contributed by atoms with Gasteiger partial charge in [-0.25, -0.2) is 8.42 Å². The van der Waals surface area contributed by atoms with E-state index >= 15 is 0 Å². The fourth-order valence-electron chi connectivity index (χ4n) is 3.57. The van der Waals surface area contributed by atoms with Crippen LogP contribution >= 0.6 is 11.6 Å². The lowest BCUT2D eigenvalue weighted by atomic mass is 10.2. The lowest BCUT2D eigenvalue weighted by Gasteiger charge is -2.16. The molecule has 3 heterocycles. The topological polar surface area (TPSA) is 113 Å². The van der Waals surface area contributed by atoms with Crippen molar-refractivity contribution in [1.29, 1.82) is 0 Å². The lowest BCUT2D eigenvalue weighted by molar-refractivity contribution is 0.0899. The molecule has 4 aromatic rings. The van der Waals surface area contributed by atoms with Crippen molar-refractivity contribution in [2.75, 3.05) is 24.8 Å². The molecule has 0 bridgehead atoms. The summed E-state index contributed by atoms with van der Waals surface area (Å²) in [7, 11) is -4.75. The van der Waals surface area contributed by atoms with Crippen LogP contribution in [-0.4, -0.2) is 59.7 Å². The molecule has 1 aromatic carbocycles. The summed E-state index contributed by atoms with van der Waals surface area (Å²) in [5.74, 6) is 0.628. The first-order valence-corrected chi connectivity index (χ1v) is 17.1. The van der Waals surface area contributed by atoms with Crippen LogP contribution in [0.1, 0.15) is 6.92 Å². The van der Waals surface area contributed by atoms with E-state index < -0.39 is 18.1 Å². The minimum atomic E-state index is -3.54. The Balaban J connectivity index is 1.71. The largest absolute Gasteiger partial charge is 0.477 e. The number of nitrogens with zero attached hydrogens (tertiary/aromatic N) is 5. The fraction of sp³-hybridized carbons (Fsp3) is 0.409. The average molecular weight is 537 g/mol. The van der Waals surface area contributed by atoms with Crippen molar-refractivity contribution in [3.63, 3.8) is 0 Å². The predicted molar refractivity (Wildman–Crippen MR) is 141 cm³/mol. The normalized spacial score (nSPS) is 12.5. The maximum atomic E-state index is 12.1. The minimum absolute atomic E-state index is 0.277. The van der Waals surface area contributed by atoms with Gasteiger partial charge in [-0.2, -0.15) is 19.2 Å². The zero-order valence-electron chi connectivity index (χ0n) is 20.4. The van der Waals surface area contributed by atoms with Crippen LogP contribution in [0.15, 0.2) is 30.6 Å². The summed E-state index contributed by atoms with van der Waals surface area (Å²) in [6.07, 6.45) is 4.36. The SMILES string of the molecule is CCOc1nc(Nc2cccc3c2cnn3S(C)(=O)=O)nc2c1c(Cl)cn2COCC[Si](C)(C)C. The molecule has 0 saturated carbocycles. The number of anilines is 2. The molecule has 0 aliphatic heterocycles. The zero-order chi connectivity index (χ0) is 25.4. The molecule has 10 nitrogen and oxygen atoms in total. The predicted octanol–water partition coefficient (Wildman–Crippen LogP) is 4.70. The second-order valence-corrected chi connectivity index (χ2v) is 17.2. The summed E-state index contributed by atoms with van der Waals surface area (Å²) in [6, 6.07) is 6.28. The molecule has 0 atom stereocenters. The van der Waals surface area contributed by atoms with E-state index in [1.54, 1.807) is 24.4 Å². The van der Waals surface area contributed by atoms with Crippen LogP contribution in [0.25, 0.3) is 21.9 Å². The molecular weight excluding hydrogens is 508 g/mol. The molecule has 4 rings (SSSR count). The molecule has 13 heteroatoms. The molecule has 0 spiro atoms. The Kier molecular flexibility index (Phi) is 7.09. The van der Waals surface area contributed by atoms with Gasteiger partial charge < -0.3 is 19.4 Å². The van der Waals surface area contributed by atoms with Gasteiger partial charge in [0.2, 0.25) is 11.8 Å². The van der Waals surface area contributed by atoms with E-state index in [2.05, 4.69) is 40.0 Å². The van der Waals surface area contributed by atoms with Gasteiger partial charge in [0.05, 0.1) is 40.7 Å². The van der Waals surface area contributed by atoms with Gasteiger partial charge in [-0.1, -0.05) is 37.3 Å². The van der Waals surface area contributed by atoms with Gasteiger partial charge >= 0.3 is 0 Å². The minimum Gasteiger partial charge on any atom is -0.477 e. The van der Waals surface area contributed by atoms with Crippen molar-refractivity contribution in [3.8, 4) is 5.88 Å². The van der Waals surface area contributed by atoms with E-state index in [-0.39, 0.29) is 5.95 Å². The van der Waals surface area contributed by atoms with Crippen LogP contribution in [-0.2, 0) is 21.5 Å². The molecule has 1 N–H and O–H groups in total. The standard InChI is InChI=1S/C22H29ClN6O4SSi/c1-6-33-21-19-16(23)13-28(14-32-10-11-35(3,4)5)20(19)26-22(27-21)25-17-8-7-9-18-15(17)12-24-29(18)34(2,30)31/h7-9,12-13H,6,10-11,14H2,1-5H3,(H,25,26,27). The Hall–Kier alpha value is -2.67. The third-order valence-electron chi connectivity index (χ3n) is 5.29. The Morgan fingerprint density at radius 2 is 1.97 bits per heavy atom. The van der Waals surface area contributed by atoms with E-state index in [1.165, 1.54) is 6.20 Å². The molecule has 0 radical (unpaired) electrons. The number of hydrogen-bond acceptors (Lipinski definition) is 8. The average Bonchev–Trinajstić information content (AvgIpc) is 3.33. The number of hydrogen-bond donors (Lipinski definition) is 1. The molecule has 0 amide bonds. The van der Waals surface area contributed by atoms with Crippen molar-refractivity contribution in [3.05, 3.63) is 35.6 Å². The van der Waals surface area contributed by atoms with Crippen LogP contribution in [0.4, 0.5) is 11.6 Å². The highest BCUT2D eigenvalue weighted by molar-refractivity contribution is 7.89. The Morgan fingerprint density at radius 1 is 1.20 bits per heavy atom. The molecular formula is C22H29ClN6O4SSi. The van der Waals surface area contributed by atoms with Crippen LogP contribution in [0, 0.1) is 0 Å². The van der Waals surface area contributed by atoms with Gasteiger partial charge in [0.1, 0.15) is 6.73 Å². The van der Waals surface area contributed by atoms with Crippen molar-refractivity contribution in [2.24, 2.45) is 0 Å². The highest BCUT2D eigenvalue weighted by Gasteiger charge is 2.20. The molecule has 3 aromatic heterocycles. The number of fused-ring (bicyclic) bond motifs is 2. The maximum absolute atomic E-state index is 12.1. The van der Waals surface area contributed by atoms with Crippen molar-refractivity contribution < 1.29 is 17.9 Å². The highest BCUT2D eigenvalue weighted by Crippen LogP contribution is 2.34. The van der Waals surface area contributed by atoms with Crippen molar-refractivity contribution in [2.45, 2.75) is 39.3 Å². The summed E-state index contributed by atoms with van der Waals surface area (Å²) >= 11 is 6.52. The summed E-state index contributed by atoms with van der Waals surface area (Å²) in [4.78, 5) is 9.21. The molecule has 0 aliphatic carbocycles. The van der Waals surface area contributed by atoms with E-state index in [4.69, 9.17) is 21.1 Å². The van der Waals surface area contributed by atoms with Crippen LogP contribution in [0.3, 0.4) is 0 Å². The molecule has 188 valence electrons. The van der Waals surface area contributed by atoms with Crippen molar-refractivity contribution in [1.82, 2.24) is 23.7 Å². The van der Waals surface area contributed by atoms with E-state index in [9.17, 15) is 8.42 Å². The first-order valence-electron chi connectivity index (χ1n) is 11.2. The van der Waals surface area contributed by atoms with Crippen LogP contribution < -0.4 is 10.1 Å². The smallest absolute Gasteiger partial charge is 0.251 e. The Morgan fingerprint density at radius 3 is 2.66 bits per heavy atom. The number of ether oxygens (including phenoxy) is 2. The fourth-order valence-corrected chi connectivity index (χ4v) is 5.34. The third-order valence-corrected chi connectivity index (χ3v) is 8.20. The Bertz CT molecular complexity index is 1480. The first-order chi connectivity index (χ1) is 16.5. The molecule has 0 fully saturated rings. The van der Waals surface area contributed by atoms with Gasteiger partial charge in [0.15, 0.2) is 5.65 Å². The van der Waals surface area contributed by atoms with Gasteiger partial charge in [-0.15, -0.1) is 0 Å². The lowest BCUT2D eigenvalue weighted by Crippen LogP contribution is -2.22. The van der Waals surface area contributed by atoms with Gasteiger partial charge in [-0.3, -0.25) is 0 Å². The number of nitrogens with one attached hydrogen (secondary N) is 1. The molecule has 0 saturated heterocycles. The third kappa shape index (κ3) is 5.61. The zero-order valence-corrected chi connectivity index (χ0v) is 22.9. The Labute approximate surface area is 210 Å². The van der Waals surface area contributed by atoms with Gasteiger partial charge in [0, 0.05) is 26.3 Å². The molecule has 0 unspecified atom stereocenters. The number of rotatable bonds is 10. The van der Waals surface area contributed by atoms with Crippen molar-refractivity contribution >= 4 is 63.3 Å². The summed E-state index contributed by atoms with van der Waals surface area (Å²) in [6.45, 7) is 10.1. The van der Waals surface area contributed by atoms with Crippen LogP contribution in [0.2, 0.25) is 30.7 Å². The summed E-state index contributed by atoms with van der Waals surface area (Å²) < 4.78 is 38.6. The van der Waals surface area contributed by atoms with E-state index in [0.29, 0.717) is 58.5 Å². The van der Waals surface area contributed by atoms with Gasteiger partial charge in [-0.05, 0) is 25.1 Å². The first kappa shape index (κ1) is 25.4. The number of halogens is 1. The number of benzene rings is 1. The quantitative estimate of drug-likeness (QED) is 0.229. The second kappa shape index (κ2) is 9.76. The van der Waals surface area contributed by atoms with Gasteiger partial charge in [0.25, 0.3) is 10.0 Å².